The fourth-order valence-electron chi connectivity index (χ4n) is 8.12. The van der Waals surface area contributed by atoms with Crippen molar-refractivity contribution in [2.75, 3.05) is 9.80 Å². The number of para-hydroxylation sites is 3. The predicted molar refractivity (Wildman–Crippen MR) is 239 cm³/mol. The molecule has 5 nitrogen and oxygen atoms in total. The summed E-state index contributed by atoms with van der Waals surface area (Å²) in [7, 11) is 0. The molecule has 0 aliphatic rings. The molecule has 0 N–H and O–H groups in total. The molecule has 2 aromatic heterocycles. The molecular weight excluding hydrogens is 711 g/mol. The van der Waals surface area contributed by atoms with Crippen molar-refractivity contribution in [3.05, 3.63) is 212 Å². The Morgan fingerprint density at radius 1 is 0.310 bits per heavy atom. The SMILES string of the molecule is c1ccc(-c2ccc(N(c3ccccc3)c3ccc4c(N(c5ccccc5)c5ccc6oc7ccccc7c6c5)cc5oc(-c6ccccc6)nc5c4c3)cc2)cc1. The normalized spacial score (nSPS) is 11.4. The predicted octanol–water partition coefficient (Wildman–Crippen LogP) is 15.2. The Morgan fingerprint density at radius 3 is 1.55 bits per heavy atom. The van der Waals surface area contributed by atoms with Crippen molar-refractivity contribution in [3.8, 4) is 22.6 Å². The highest BCUT2D eigenvalue weighted by molar-refractivity contribution is 6.14. The topological polar surface area (TPSA) is 45.7 Å². The summed E-state index contributed by atoms with van der Waals surface area (Å²) in [6.45, 7) is 0. The third-order valence-corrected chi connectivity index (χ3v) is 10.9. The molecule has 58 heavy (non-hydrogen) atoms. The molecule has 0 spiro atoms. The quantitative estimate of drug-likeness (QED) is 0.155. The number of benzene rings is 9. The molecule has 0 aliphatic carbocycles. The van der Waals surface area contributed by atoms with Gasteiger partial charge in [-0.1, -0.05) is 121 Å². The monoisotopic (exact) mass is 745 g/mol. The van der Waals surface area contributed by atoms with Gasteiger partial charge in [0.15, 0.2) is 5.58 Å². The van der Waals surface area contributed by atoms with Crippen molar-refractivity contribution < 1.29 is 8.83 Å². The zero-order chi connectivity index (χ0) is 38.4. The summed E-state index contributed by atoms with van der Waals surface area (Å²) in [6.07, 6.45) is 0. The van der Waals surface area contributed by atoms with Crippen LogP contribution in [0.3, 0.4) is 0 Å². The third-order valence-electron chi connectivity index (χ3n) is 10.9. The molecular formula is C53H35N3O2. The zero-order valence-electron chi connectivity index (χ0n) is 31.4. The molecule has 0 saturated heterocycles. The molecule has 0 aliphatic heterocycles. The van der Waals surface area contributed by atoms with Crippen molar-refractivity contribution in [1.82, 2.24) is 4.98 Å². The number of nitrogens with zero attached hydrogens (tertiary/aromatic N) is 3. The Morgan fingerprint density at radius 2 is 0.828 bits per heavy atom. The van der Waals surface area contributed by atoms with Crippen LogP contribution in [-0.4, -0.2) is 4.98 Å². The maximum absolute atomic E-state index is 6.70. The standard InChI is InChI=1S/C53H35N3O2/c1-5-15-36(16-6-1)37-25-27-41(28-26-37)55(39-19-9-3-10-20-39)42-29-31-44-47(34-42)52-51(58-53(54-52)38-17-7-2-8-18-38)35-48(44)56(40-21-11-4-12-22-40)43-30-32-50-46(33-43)45-23-13-14-24-49(45)57-50/h1-35H. The first kappa shape index (κ1) is 33.4. The first-order valence-electron chi connectivity index (χ1n) is 19.5. The molecule has 274 valence electrons. The Labute approximate surface area is 335 Å². The van der Waals surface area contributed by atoms with Crippen LogP contribution in [0.15, 0.2) is 221 Å². The van der Waals surface area contributed by atoms with Crippen LogP contribution in [0.5, 0.6) is 0 Å². The Balaban J connectivity index is 1.15. The van der Waals surface area contributed by atoms with E-state index >= 15 is 0 Å². The van der Waals surface area contributed by atoms with Crippen molar-refractivity contribution >= 4 is 77.9 Å². The molecule has 0 fully saturated rings. The molecule has 5 heteroatoms. The average Bonchev–Trinajstić information content (AvgIpc) is 3.90. The van der Waals surface area contributed by atoms with E-state index in [1.165, 1.54) is 11.1 Å². The lowest BCUT2D eigenvalue weighted by atomic mass is 10.0. The Bertz CT molecular complexity index is 3210. The largest absolute Gasteiger partial charge is 0.456 e. The minimum Gasteiger partial charge on any atom is -0.456 e. The fraction of sp³-hybridized carbons (Fsp3) is 0. The second kappa shape index (κ2) is 14.0. The summed E-state index contributed by atoms with van der Waals surface area (Å²) in [5.74, 6) is 0.577. The van der Waals surface area contributed by atoms with Crippen LogP contribution in [0.4, 0.5) is 34.1 Å². The van der Waals surface area contributed by atoms with E-state index in [1.807, 2.05) is 48.5 Å². The zero-order valence-corrected chi connectivity index (χ0v) is 31.4. The van der Waals surface area contributed by atoms with Crippen LogP contribution >= 0.6 is 0 Å². The highest BCUT2D eigenvalue weighted by atomic mass is 16.3. The number of anilines is 6. The van der Waals surface area contributed by atoms with Gasteiger partial charge in [-0.2, -0.15) is 0 Å². The average molecular weight is 746 g/mol. The first-order valence-corrected chi connectivity index (χ1v) is 19.5. The van der Waals surface area contributed by atoms with Gasteiger partial charge >= 0.3 is 0 Å². The van der Waals surface area contributed by atoms with Gasteiger partial charge in [-0.15, -0.1) is 0 Å². The van der Waals surface area contributed by atoms with E-state index in [2.05, 4.69) is 174 Å². The summed E-state index contributed by atoms with van der Waals surface area (Å²) >= 11 is 0. The first-order chi connectivity index (χ1) is 28.7. The minimum absolute atomic E-state index is 0.577. The van der Waals surface area contributed by atoms with Gasteiger partial charge in [0.2, 0.25) is 5.89 Å². The summed E-state index contributed by atoms with van der Waals surface area (Å²) in [5, 5.41) is 4.16. The van der Waals surface area contributed by atoms with Gasteiger partial charge in [0, 0.05) is 61.6 Å². The molecule has 0 amide bonds. The molecule has 9 aromatic carbocycles. The van der Waals surface area contributed by atoms with Gasteiger partial charge in [0.1, 0.15) is 16.7 Å². The Hall–Kier alpha value is -7.89. The number of fused-ring (bicyclic) bond motifs is 6. The van der Waals surface area contributed by atoms with Gasteiger partial charge in [-0.3, -0.25) is 0 Å². The van der Waals surface area contributed by atoms with E-state index in [0.717, 1.165) is 77.9 Å². The van der Waals surface area contributed by atoms with Gasteiger partial charge in [0.05, 0.1) is 5.69 Å². The van der Waals surface area contributed by atoms with Gasteiger partial charge in [0.25, 0.3) is 0 Å². The van der Waals surface area contributed by atoms with Crippen LogP contribution in [0.1, 0.15) is 0 Å². The maximum atomic E-state index is 6.70. The van der Waals surface area contributed by atoms with Crippen LogP contribution in [0.2, 0.25) is 0 Å². The smallest absolute Gasteiger partial charge is 0.227 e. The van der Waals surface area contributed by atoms with Crippen molar-refractivity contribution in [3.63, 3.8) is 0 Å². The van der Waals surface area contributed by atoms with Crippen molar-refractivity contribution in [2.24, 2.45) is 0 Å². The van der Waals surface area contributed by atoms with E-state index in [-0.39, 0.29) is 0 Å². The van der Waals surface area contributed by atoms with Crippen LogP contribution in [-0.2, 0) is 0 Å². The summed E-state index contributed by atoms with van der Waals surface area (Å²) in [5.41, 5.74) is 12.6. The molecule has 0 radical (unpaired) electrons. The number of hydrogen-bond donors (Lipinski definition) is 0. The number of hydrogen-bond acceptors (Lipinski definition) is 5. The van der Waals surface area contributed by atoms with E-state index < -0.39 is 0 Å². The van der Waals surface area contributed by atoms with E-state index in [4.69, 9.17) is 13.8 Å². The van der Waals surface area contributed by atoms with Gasteiger partial charge in [-0.25, -0.2) is 4.98 Å². The maximum Gasteiger partial charge on any atom is 0.227 e. The molecule has 0 saturated carbocycles. The lowest BCUT2D eigenvalue weighted by Crippen LogP contribution is -2.11. The summed E-state index contributed by atoms with van der Waals surface area (Å²) < 4.78 is 13.0. The number of furan rings is 1. The van der Waals surface area contributed by atoms with Crippen LogP contribution in [0, 0.1) is 0 Å². The highest BCUT2D eigenvalue weighted by Gasteiger charge is 2.23. The summed E-state index contributed by atoms with van der Waals surface area (Å²) in [4.78, 5) is 9.81. The fourth-order valence-corrected chi connectivity index (χ4v) is 8.12. The molecule has 11 aromatic rings. The van der Waals surface area contributed by atoms with Gasteiger partial charge in [-0.05, 0) is 96.1 Å². The summed E-state index contributed by atoms with van der Waals surface area (Å²) in [6, 6.07) is 73.9. The molecule has 0 atom stereocenters. The Kier molecular flexibility index (Phi) is 8.07. The van der Waals surface area contributed by atoms with Crippen molar-refractivity contribution in [1.29, 1.82) is 0 Å². The number of oxazole rings is 1. The second-order valence-corrected chi connectivity index (χ2v) is 14.4. The lowest BCUT2D eigenvalue weighted by molar-refractivity contribution is 0.620. The van der Waals surface area contributed by atoms with Crippen LogP contribution in [0.25, 0.3) is 66.4 Å². The second-order valence-electron chi connectivity index (χ2n) is 14.4. The number of aromatic nitrogens is 1. The lowest BCUT2D eigenvalue weighted by Gasteiger charge is -2.28. The highest BCUT2D eigenvalue weighted by Crippen LogP contribution is 2.46. The minimum atomic E-state index is 0.577. The van der Waals surface area contributed by atoms with E-state index in [0.29, 0.717) is 11.5 Å². The van der Waals surface area contributed by atoms with Crippen molar-refractivity contribution in [2.45, 2.75) is 0 Å². The third kappa shape index (κ3) is 5.85. The molecule has 2 heterocycles. The molecule has 0 unspecified atom stereocenters. The van der Waals surface area contributed by atoms with E-state index in [9.17, 15) is 0 Å². The molecule has 11 rings (SSSR count). The van der Waals surface area contributed by atoms with E-state index in [1.54, 1.807) is 0 Å². The molecule has 0 bridgehead atoms. The number of rotatable bonds is 8. The van der Waals surface area contributed by atoms with Crippen LogP contribution < -0.4 is 9.80 Å². The van der Waals surface area contributed by atoms with Gasteiger partial charge < -0.3 is 18.6 Å².